The Morgan fingerprint density at radius 2 is 1.77 bits per heavy atom. The van der Waals surface area contributed by atoms with Crippen LogP contribution in [0.25, 0.3) is 0 Å². The lowest BCUT2D eigenvalue weighted by Crippen LogP contribution is -2.17. The van der Waals surface area contributed by atoms with Gasteiger partial charge in [0.25, 0.3) is 5.91 Å². The quantitative estimate of drug-likeness (QED) is 0.264. The van der Waals surface area contributed by atoms with Gasteiger partial charge in [-0.3, -0.25) is 4.79 Å². The molecule has 0 aliphatic carbocycles. The summed E-state index contributed by atoms with van der Waals surface area (Å²) in [4.78, 5) is 24.7. The standard InChI is InChI=1S/C22H15BrN2O5/c23-17-7-9-18(30-22(27)14-4-2-1-3-5-14)16(10-17)12-24-25-21(26)15-6-8-19-20(11-15)29-13-28-19/h1-12H,13H2,(H,25,26)/b24-12-. The molecule has 0 fully saturated rings. The average molecular weight is 467 g/mol. The number of hydrazone groups is 1. The third-order valence-corrected chi connectivity index (χ3v) is 4.68. The van der Waals surface area contributed by atoms with Crippen LogP contribution in [0.2, 0.25) is 0 Å². The summed E-state index contributed by atoms with van der Waals surface area (Å²) in [5.74, 6) is 0.510. The first kappa shape index (κ1) is 19.7. The molecule has 7 nitrogen and oxygen atoms in total. The minimum absolute atomic E-state index is 0.131. The normalized spacial score (nSPS) is 12.0. The molecule has 0 spiro atoms. The lowest BCUT2D eigenvalue weighted by molar-refractivity contribution is 0.0734. The summed E-state index contributed by atoms with van der Waals surface area (Å²) in [5.41, 5.74) is 3.77. The van der Waals surface area contributed by atoms with Gasteiger partial charge in [0.1, 0.15) is 5.75 Å². The summed E-state index contributed by atoms with van der Waals surface area (Å²) in [6.07, 6.45) is 1.41. The number of nitrogens with zero attached hydrogens (tertiary/aromatic N) is 1. The van der Waals surface area contributed by atoms with E-state index < -0.39 is 11.9 Å². The summed E-state index contributed by atoms with van der Waals surface area (Å²) in [6.45, 7) is 0.131. The molecule has 1 amide bonds. The largest absolute Gasteiger partial charge is 0.454 e. The van der Waals surface area contributed by atoms with Gasteiger partial charge in [-0.05, 0) is 48.5 Å². The molecule has 0 unspecified atom stereocenters. The van der Waals surface area contributed by atoms with Gasteiger partial charge >= 0.3 is 5.97 Å². The van der Waals surface area contributed by atoms with E-state index in [9.17, 15) is 9.59 Å². The second kappa shape index (κ2) is 8.79. The number of benzene rings is 3. The van der Waals surface area contributed by atoms with Crippen molar-refractivity contribution in [3.8, 4) is 17.2 Å². The molecule has 1 aliphatic heterocycles. The summed E-state index contributed by atoms with van der Waals surface area (Å²) < 4.78 is 16.8. The smallest absolute Gasteiger partial charge is 0.343 e. The Balaban J connectivity index is 1.47. The van der Waals surface area contributed by atoms with Crippen LogP contribution in [0, 0.1) is 0 Å². The van der Waals surface area contributed by atoms with E-state index in [2.05, 4.69) is 26.5 Å². The number of esters is 1. The average Bonchev–Trinajstić information content (AvgIpc) is 3.24. The first-order valence-electron chi connectivity index (χ1n) is 8.90. The molecule has 1 aliphatic rings. The van der Waals surface area contributed by atoms with Crippen molar-refractivity contribution in [3.05, 3.63) is 87.9 Å². The number of amides is 1. The van der Waals surface area contributed by atoms with E-state index in [-0.39, 0.29) is 6.79 Å². The fourth-order valence-corrected chi connectivity index (χ4v) is 3.09. The maximum Gasteiger partial charge on any atom is 0.343 e. The number of rotatable bonds is 5. The molecule has 1 N–H and O–H groups in total. The minimum atomic E-state index is -0.489. The molecule has 0 bridgehead atoms. The fourth-order valence-electron chi connectivity index (χ4n) is 2.71. The number of hydrogen-bond donors (Lipinski definition) is 1. The summed E-state index contributed by atoms with van der Waals surface area (Å²) in [6, 6.07) is 18.6. The van der Waals surface area contributed by atoms with Crippen molar-refractivity contribution in [3.63, 3.8) is 0 Å². The molecule has 3 aromatic carbocycles. The number of hydrogen-bond acceptors (Lipinski definition) is 6. The van der Waals surface area contributed by atoms with E-state index in [4.69, 9.17) is 14.2 Å². The maximum atomic E-state index is 12.3. The molecule has 0 radical (unpaired) electrons. The first-order valence-corrected chi connectivity index (χ1v) is 9.69. The Morgan fingerprint density at radius 1 is 0.967 bits per heavy atom. The summed E-state index contributed by atoms with van der Waals surface area (Å²) in [5, 5.41) is 3.98. The number of halogens is 1. The molecule has 0 saturated carbocycles. The van der Waals surface area contributed by atoms with Crippen LogP contribution in [-0.2, 0) is 0 Å². The third kappa shape index (κ3) is 4.49. The van der Waals surface area contributed by atoms with Crippen LogP contribution in [0.1, 0.15) is 26.3 Å². The molecule has 0 saturated heterocycles. The van der Waals surface area contributed by atoms with E-state index in [0.717, 1.165) is 4.47 Å². The van der Waals surface area contributed by atoms with E-state index >= 15 is 0 Å². The molecule has 3 aromatic rings. The Labute approximate surface area is 180 Å². The van der Waals surface area contributed by atoms with Crippen molar-refractivity contribution < 1.29 is 23.8 Å². The number of nitrogens with one attached hydrogen (secondary N) is 1. The highest BCUT2D eigenvalue weighted by Gasteiger charge is 2.16. The molecule has 0 aromatic heterocycles. The van der Waals surface area contributed by atoms with Gasteiger partial charge in [-0.25, -0.2) is 10.2 Å². The number of carbonyl (C=O) groups is 2. The van der Waals surface area contributed by atoms with Crippen molar-refractivity contribution in [2.75, 3.05) is 6.79 Å². The highest BCUT2D eigenvalue weighted by atomic mass is 79.9. The summed E-state index contributed by atoms with van der Waals surface area (Å²) in [7, 11) is 0. The SMILES string of the molecule is O=C(N/N=C\c1cc(Br)ccc1OC(=O)c1ccccc1)c1ccc2c(c1)OCO2. The topological polar surface area (TPSA) is 86.2 Å². The van der Waals surface area contributed by atoms with Gasteiger partial charge in [-0.15, -0.1) is 0 Å². The van der Waals surface area contributed by atoms with Crippen molar-refractivity contribution >= 4 is 34.0 Å². The molecular weight excluding hydrogens is 452 g/mol. The van der Waals surface area contributed by atoms with E-state index in [0.29, 0.717) is 33.9 Å². The van der Waals surface area contributed by atoms with Crippen molar-refractivity contribution in [2.24, 2.45) is 5.10 Å². The van der Waals surface area contributed by atoms with Crippen molar-refractivity contribution in [2.45, 2.75) is 0 Å². The van der Waals surface area contributed by atoms with Crippen molar-refractivity contribution in [1.29, 1.82) is 0 Å². The highest BCUT2D eigenvalue weighted by Crippen LogP contribution is 2.32. The first-order chi connectivity index (χ1) is 14.6. The number of carbonyl (C=O) groups excluding carboxylic acids is 2. The van der Waals surface area contributed by atoms with Crippen LogP contribution in [-0.4, -0.2) is 24.9 Å². The Bertz CT molecular complexity index is 1130. The summed E-state index contributed by atoms with van der Waals surface area (Å²) >= 11 is 3.38. The van der Waals surface area contributed by atoms with Gasteiger partial charge in [0, 0.05) is 15.6 Å². The molecule has 150 valence electrons. The van der Waals surface area contributed by atoms with E-state index in [1.165, 1.54) is 6.21 Å². The maximum absolute atomic E-state index is 12.3. The minimum Gasteiger partial charge on any atom is -0.454 e. The lowest BCUT2D eigenvalue weighted by atomic mass is 10.2. The van der Waals surface area contributed by atoms with Gasteiger partial charge in [0.2, 0.25) is 6.79 Å². The molecular formula is C22H15BrN2O5. The van der Waals surface area contributed by atoms with Gasteiger partial charge < -0.3 is 14.2 Å². The Morgan fingerprint density at radius 3 is 2.60 bits per heavy atom. The van der Waals surface area contributed by atoms with Crippen LogP contribution in [0.4, 0.5) is 0 Å². The number of ether oxygens (including phenoxy) is 3. The highest BCUT2D eigenvalue weighted by molar-refractivity contribution is 9.10. The Kier molecular flexibility index (Phi) is 5.76. The third-order valence-electron chi connectivity index (χ3n) is 4.19. The molecule has 1 heterocycles. The lowest BCUT2D eigenvalue weighted by Gasteiger charge is -2.08. The van der Waals surface area contributed by atoms with Crippen LogP contribution < -0.4 is 19.6 Å². The van der Waals surface area contributed by atoms with Gasteiger partial charge in [-0.1, -0.05) is 34.1 Å². The van der Waals surface area contributed by atoms with Gasteiger partial charge in [0.05, 0.1) is 11.8 Å². The predicted molar refractivity (Wildman–Crippen MR) is 113 cm³/mol. The molecule has 4 rings (SSSR count). The zero-order chi connectivity index (χ0) is 20.9. The second-order valence-corrected chi connectivity index (χ2v) is 7.12. The van der Waals surface area contributed by atoms with Gasteiger partial charge in [0.15, 0.2) is 11.5 Å². The van der Waals surface area contributed by atoms with Crippen LogP contribution in [0.5, 0.6) is 17.2 Å². The molecule has 8 heteroatoms. The monoisotopic (exact) mass is 466 g/mol. The predicted octanol–water partition coefficient (Wildman–Crippen LogP) is 4.16. The van der Waals surface area contributed by atoms with E-state index in [1.54, 1.807) is 60.7 Å². The Hall–Kier alpha value is -3.65. The van der Waals surface area contributed by atoms with Crippen LogP contribution >= 0.6 is 15.9 Å². The fraction of sp³-hybridized carbons (Fsp3) is 0.0455. The van der Waals surface area contributed by atoms with Crippen LogP contribution in [0.15, 0.2) is 76.3 Å². The zero-order valence-corrected chi connectivity index (χ0v) is 17.1. The van der Waals surface area contributed by atoms with E-state index in [1.807, 2.05) is 6.07 Å². The number of fused-ring (bicyclic) bond motifs is 1. The zero-order valence-electron chi connectivity index (χ0n) is 15.5. The molecule has 30 heavy (non-hydrogen) atoms. The second-order valence-electron chi connectivity index (χ2n) is 6.20. The van der Waals surface area contributed by atoms with Gasteiger partial charge in [-0.2, -0.15) is 5.10 Å². The van der Waals surface area contributed by atoms with Crippen LogP contribution in [0.3, 0.4) is 0 Å². The molecule has 0 atom stereocenters. The van der Waals surface area contributed by atoms with Crippen molar-refractivity contribution in [1.82, 2.24) is 5.43 Å².